The number of ether oxygens (including phenoxy) is 1. The summed E-state index contributed by atoms with van der Waals surface area (Å²) < 4.78 is 10.7. The topological polar surface area (TPSA) is 229 Å². The van der Waals surface area contributed by atoms with Gasteiger partial charge in [-0.1, -0.05) is 141 Å². The Morgan fingerprint density at radius 1 is 0.412 bits per heavy atom. The molecule has 0 spiro atoms. The number of nitrogens with one attached hydrogen (secondary N) is 6. The van der Waals surface area contributed by atoms with E-state index in [1.54, 1.807) is 61.7 Å². The van der Waals surface area contributed by atoms with E-state index in [9.17, 15) is 28.8 Å². The number of benzene rings is 7. The zero-order chi connectivity index (χ0) is 83.9. The van der Waals surface area contributed by atoms with Crippen molar-refractivity contribution in [2.75, 3.05) is 105 Å². The summed E-state index contributed by atoms with van der Waals surface area (Å²) in [5.74, 6) is 0.729. The van der Waals surface area contributed by atoms with Crippen molar-refractivity contribution >= 4 is 151 Å². The number of likely N-dealkylation sites (tertiary alicyclic amines) is 3. The van der Waals surface area contributed by atoms with E-state index in [0.29, 0.717) is 147 Å². The van der Waals surface area contributed by atoms with Gasteiger partial charge >= 0.3 is 0 Å². The number of carbonyl (C=O) groups excluding carboxylic acids is 6. The number of carbonyl (C=O) groups is 6. The average Bonchev–Trinajstić information content (AvgIpc) is 1.57. The van der Waals surface area contributed by atoms with Crippen molar-refractivity contribution in [1.82, 2.24) is 66.5 Å². The molecule has 6 N–H and O–H groups in total. The summed E-state index contributed by atoms with van der Waals surface area (Å²) in [5.41, 5.74) is 4.64. The fourth-order valence-corrected chi connectivity index (χ4v) is 18.6. The Hall–Kier alpha value is -7.00. The van der Waals surface area contributed by atoms with Gasteiger partial charge < -0.3 is 70.6 Å². The number of piperidine rings is 3. The first-order valence-electron chi connectivity index (χ1n) is 41.3. The van der Waals surface area contributed by atoms with Crippen LogP contribution in [-0.2, 0) is 34.0 Å². The van der Waals surface area contributed by atoms with Gasteiger partial charge in [-0.3, -0.25) is 28.8 Å². The van der Waals surface area contributed by atoms with E-state index in [4.69, 9.17) is 114 Å². The molecule has 6 fully saturated rings. The smallest absolute Gasteiger partial charge is 0.273 e. The van der Waals surface area contributed by atoms with E-state index < -0.39 is 0 Å². The van der Waals surface area contributed by atoms with E-state index >= 15 is 0 Å². The second kappa shape index (κ2) is 45.4. The SMILES string of the molecule is COc1ccc2cc(C(=O)NC[C@@H]3CCN(Cc4cc(Cl)cc(Cl)c4)C(=O)[C@H](CCN4CCCCC4)N3)ccc2c1.O=C(NC[C@@H]1CCN(Cc2cc(Cl)cc(Cl)c2)C(=O)[C@H](CCN2CCCCC2)N1)c1cc(-c2ccc(Cl)cc2)on1.O=C(NC[C@@H]1CCN(Cc2cc(Cl)cc(Cl)c2)C(=O)[C@H](CCN2CCCCC2)N1)c1ccc(Cl)cc1Cl. The van der Waals surface area contributed by atoms with Crippen molar-refractivity contribution in [1.29, 1.82) is 0 Å². The van der Waals surface area contributed by atoms with Crippen molar-refractivity contribution in [2.24, 2.45) is 0 Å². The fourth-order valence-electron chi connectivity index (χ4n) is 16.3. The molecule has 8 aromatic rings. The van der Waals surface area contributed by atoms with Gasteiger partial charge in [0.1, 0.15) is 5.75 Å². The standard InChI is InChI=1S/C32H38Cl2N4O3.C30H34Cl3N5O3.C27H32Cl4N4O2/c1-41-29-8-7-23-17-25(6-5-24(23)18-29)31(39)35-20-28-9-14-38(21-22-15-26(33)19-27(34)16-22)32(40)30(36-28)10-13-37-11-3-2-4-12-37;31-22-6-4-21(5-7-22)28-17-27(36-41-28)29(39)34-18-25-8-13-38(19-20-14-23(32)16-24(33)15-20)30(40)26(35-25)9-12-37-10-2-1-3-11-37;28-19-4-5-23(24(31)15-19)26(36)32-16-22-6-11-35(17-18-12-20(29)14-21(30)13-18)27(37)25(33-22)7-10-34-8-2-1-3-9-34/h5-8,15-19,28,30,36H,2-4,9-14,20-21H2,1H3,(H,35,39);4-7,14-17,25-26,35H,1-3,8-13,18-19H2,(H,34,39);4-5,12-15,22,25,33H,1-3,6-11,16-17H2,(H,32,36)/t28-,30-;25-,26-;22-,25-/m000/s1. The van der Waals surface area contributed by atoms with Crippen LogP contribution < -0.4 is 36.6 Å². The Morgan fingerprint density at radius 2 is 0.798 bits per heavy atom. The zero-order valence-electron chi connectivity index (χ0n) is 66.9. The lowest BCUT2D eigenvalue weighted by Crippen LogP contribution is -2.50. The van der Waals surface area contributed by atoms with Crippen LogP contribution in [0.3, 0.4) is 0 Å². The molecule has 21 nitrogen and oxygen atoms in total. The van der Waals surface area contributed by atoms with Crippen LogP contribution in [-0.4, -0.2) is 212 Å². The molecule has 0 aliphatic carbocycles. The van der Waals surface area contributed by atoms with Gasteiger partial charge in [-0.2, -0.15) is 0 Å². The molecule has 0 saturated carbocycles. The van der Waals surface area contributed by atoms with Crippen molar-refractivity contribution in [3.05, 3.63) is 218 Å². The molecular formula is C89H104Cl9N13O8. The third-order valence-electron chi connectivity index (χ3n) is 22.7. The Balaban J connectivity index is 0.000000164. The molecule has 6 atom stereocenters. The lowest BCUT2D eigenvalue weighted by Gasteiger charge is -2.30. The van der Waals surface area contributed by atoms with Gasteiger partial charge in [-0.15, -0.1) is 0 Å². The summed E-state index contributed by atoms with van der Waals surface area (Å²) in [6.45, 7) is 13.2. The van der Waals surface area contributed by atoms with Crippen molar-refractivity contribution < 1.29 is 38.0 Å². The summed E-state index contributed by atoms with van der Waals surface area (Å²) in [6.07, 6.45) is 15.3. The molecule has 30 heteroatoms. The van der Waals surface area contributed by atoms with Gasteiger partial charge in [-0.25, -0.2) is 0 Å². The van der Waals surface area contributed by atoms with Gasteiger partial charge in [-0.05, 0) is 265 Å². The highest BCUT2D eigenvalue weighted by atomic mass is 35.5. The van der Waals surface area contributed by atoms with Crippen LogP contribution in [0.1, 0.15) is 144 Å². The first kappa shape index (κ1) is 91.2. The number of nitrogens with zero attached hydrogens (tertiary/aromatic N) is 7. The molecule has 636 valence electrons. The quantitative estimate of drug-likeness (QED) is 0.0296. The number of fused-ring (bicyclic) bond motifs is 1. The number of aromatic nitrogens is 1. The number of hydrogen-bond acceptors (Lipinski definition) is 15. The number of amides is 6. The largest absolute Gasteiger partial charge is 0.497 e. The summed E-state index contributed by atoms with van der Waals surface area (Å²) >= 11 is 55.5. The van der Waals surface area contributed by atoms with Crippen LogP contribution in [0.15, 0.2) is 144 Å². The molecule has 0 bridgehead atoms. The normalized spacial score (nSPS) is 20.5. The monoisotopic (exact) mass is 1800 g/mol. The summed E-state index contributed by atoms with van der Waals surface area (Å²) in [6, 6.07) is 39.9. The van der Waals surface area contributed by atoms with Crippen molar-refractivity contribution in [3.63, 3.8) is 0 Å². The Kier molecular flexibility index (Phi) is 34.8. The second-order valence-corrected chi connectivity index (χ2v) is 35.5. The maximum atomic E-state index is 13.8. The molecule has 6 saturated heterocycles. The lowest BCUT2D eigenvalue weighted by atomic mass is 10.1. The molecule has 6 amide bonds. The number of hydrogen-bond donors (Lipinski definition) is 6. The highest BCUT2D eigenvalue weighted by molar-refractivity contribution is 6.37. The predicted molar refractivity (Wildman–Crippen MR) is 477 cm³/mol. The Labute approximate surface area is 742 Å². The molecular weight excluding hydrogens is 1700 g/mol. The fraction of sp³-hybridized carbons (Fsp3) is 0.449. The maximum absolute atomic E-state index is 13.8. The van der Waals surface area contributed by atoms with E-state index in [0.717, 1.165) is 111 Å². The highest BCUT2D eigenvalue weighted by Gasteiger charge is 2.36. The van der Waals surface area contributed by atoms with Crippen molar-refractivity contribution in [3.8, 4) is 17.1 Å². The van der Waals surface area contributed by atoms with Crippen LogP contribution in [0.2, 0.25) is 45.2 Å². The third kappa shape index (κ3) is 27.8. The predicted octanol–water partition coefficient (Wildman–Crippen LogP) is 16.9. The van der Waals surface area contributed by atoms with Crippen molar-refractivity contribution in [2.45, 2.75) is 152 Å². The molecule has 7 aromatic carbocycles. The molecule has 14 rings (SSSR count). The average molecular weight is 1800 g/mol. The van der Waals surface area contributed by atoms with Crippen LogP contribution in [0.5, 0.6) is 5.75 Å². The van der Waals surface area contributed by atoms with Gasteiger partial charge in [0.05, 0.1) is 35.8 Å². The van der Waals surface area contributed by atoms with Gasteiger partial charge in [0.2, 0.25) is 17.7 Å². The molecule has 7 heterocycles. The summed E-state index contributed by atoms with van der Waals surface area (Å²) in [4.78, 5) is 92.9. The summed E-state index contributed by atoms with van der Waals surface area (Å²) in [5, 5.41) is 30.4. The number of rotatable bonds is 26. The van der Waals surface area contributed by atoms with Gasteiger partial charge in [0.25, 0.3) is 17.7 Å². The molecule has 0 unspecified atom stereocenters. The molecule has 1 aromatic heterocycles. The molecule has 119 heavy (non-hydrogen) atoms. The van der Waals surface area contributed by atoms with Crippen LogP contribution in [0, 0.1) is 0 Å². The minimum Gasteiger partial charge on any atom is -0.497 e. The maximum Gasteiger partial charge on any atom is 0.273 e. The Bertz CT molecular complexity index is 4700. The second-order valence-electron chi connectivity index (χ2n) is 31.6. The first-order chi connectivity index (χ1) is 57.5. The van der Waals surface area contributed by atoms with Crippen LogP contribution >= 0.6 is 104 Å². The highest BCUT2D eigenvalue weighted by Crippen LogP contribution is 2.30. The number of methoxy groups -OCH3 is 1. The lowest BCUT2D eigenvalue weighted by molar-refractivity contribution is -0.134. The summed E-state index contributed by atoms with van der Waals surface area (Å²) in [7, 11) is 1.64. The molecule has 6 aliphatic rings. The van der Waals surface area contributed by atoms with E-state index in [1.165, 1.54) is 57.8 Å². The van der Waals surface area contributed by atoms with Gasteiger partial charge in [0.15, 0.2) is 11.5 Å². The van der Waals surface area contributed by atoms with E-state index in [2.05, 4.69) is 51.8 Å². The molecule has 6 aliphatic heterocycles. The van der Waals surface area contributed by atoms with E-state index in [1.807, 2.05) is 99.6 Å². The van der Waals surface area contributed by atoms with Crippen LogP contribution in [0.25, 0.3) is 22.1 Å². The van der Waals surface area contributed by atoms with E-state index in [-0.39, 0.29) is 77.4 Å². The third-order valence-corrected chi connectivity index (χ3v) is 24.8. The zero-order valence-corrected chi connectivity index (χ0v) is 73.7. The van der Waals surface area contributed by atoms with Crippen LogP contribution in [0.4, 0.5) is 0 Å². The minimum atomic E-state index is -0.362. The Morgan fingerprint density at radius 3 is 1.21 bits per heavy atom. The van der Waals surface area contributed by atoms with Gasteiger partial charge in [0, 0.05) is 154 Å². The minimum absolute atomic E-state index is 0.0353. The molecule has 0 radical (unpaired) electrons. The number of halogens is 9. The first-order valence-corrected chi connectivity index (χ1v) is 44.7.